The van der Waals surface area contributed by atoms with Gasteiger partial charge in [-0.25, -0.2) is 9.25 Å². The lowest BCUT2D eigenvalue weighted by molar-refractivity contribution is -0.645. The number of para-hydroxylation sites is 2. The molecule has 0 N–H and O–H groups in total. The second kappa shape index (κ2) is 11.9. The molecule has 0 atom stereocenters. The number of hydrogen-bond acceptors (Lipinski definition) is 2. The van der Waals surface area contributed by atoms with Gasteiger partial charge in [0.2, 0.25) is 6.33 Å². The molecule has 5 nitrogen and oxygen atoms in total. The molecule has 0 amide bonds. The zero-order valence-corrected chi connectivity index (χ0v) is 25.8. The summed E-state index contributed by atoms with van der Waals surface area (Å²) in [6, 6.07) is 29.5. The van der Waals surface area contributed by atoms with E-state index in [4.69, 9.17) is 13.9 Å². The molecule has 2 heterocycles. The Labute approximate surface area is 263 Å². The maximum Gasteiger partial charge on any atom is 0.249 e. The van der Waals surface area contributed by atoms with Crippen molar-refractivity contribution in [2.24, 2.45) is 6.98 Å². The van der Waals surface area contributed by atoms with Gasteiger partial charge in [-0.15, -0.1) is 0 Å². The molecule has 4 aromatic carbocycles. The van der Waals surface area contributed by atoms with Crippen molar-refractivity contribution in [2.75, 3.05) is 0 Å². The van der Waals surface area contributed by atoms with Crippen molar-refractivity contribution >= 4 is 11.0 Å². The number of rotatable bonds is 7. The summed E-state index contributed by atoms with van der Waals surface area (Å²) in [4.78, 5) is 0. The van der Waals surface area contributed by atoms with Crippen molar-refractivity contribution in [1.29, 1.82) is 0 Å². The Morgan fingerprint density at radius 3 is 2.10 bits per heavy atom. The molecular formula is C35H35IN4O. The summed E-state index contributed by atoms with van der Waals surface area (Å²) >= 11 is 0. The standard InChI is InChI=1S/C35H35N4O.HI/c1-24(2)31-15-10-16-32(25(3)4)35(31)26-21-36-39(22-26)28-12-9-14-30(20-28)40-29-13-8-11-27(19-29)38-23-37(5)33-17-6-7-18-34(33)38;/h6-25H,1-5H3;1H/q+1;/p-1/i5D3;. The summed E-state index contributed by atoms with van der Waals surface area (Å²) in [5, 5.41) is 4.73. The molecule has 6 aromatic rings. The van der Waals surface area contributed by atoms with Crippen LogP contribution in [0, 0.1) is 0 Å². The second-order valence-corrected chi connectivity index (χ2v) is 10.7. The molecular weight excluding hydrogens is 619 g/mol. The maximum absolute atomic E-state index is 7.97. The molecule has 0 saturated heterocycles. The molecule has 0 radical (unpaired) electrons. The predicted octanol–water partition coefficient (Wildman–Crippen LogP) is 5.35. The van der Waals surface area contributed by atoms with Crippen LogP contribution in [0.4, 0.5) is 0 Å². The molecule has 2 aromatic heterocycles. The molecule has 6 rings (SSSR count). The second-order valence-electron chi connectivity index (χ2n) is 10.7. The van der Waals surface area contributed by atoms with Gasteiger partial charge in [-0.3, -0.25) is 0 Å². The minimum absolute atomic E-state index is 0. The van der Waals surface area contributed by atoms with Crippen molar-refractivity contribution in [3.05, 3.63) is 121 Å². The number of benzene rings is 4. The Morgan fingerprint density at radius 1 is 0.780 bits per heavy atom. The Kier molecular flexibility index (Phi) is 7.22. The Hall–Kier alpha value is -3.91. The fourth-order valence-electron chi connectivity index (χ4n) is 5.32. The molecule has 0 spiro atoms. The quantitative estimate of drug-likeness (QED) is 0.172. The lowest BCUT2D eigenvalue weighted by Gasteiger charge is -2.18. The van der Waals surface area contributed by atoms with Crippen LogP contribution in [-0.2, 0) is 6.98 Å². The first kappa shape index (κ1) is 24.9. The summed E-state index contributed by atoms with van der Waals surface area (Å²) in [6.45, 7) is 6.62. The summed E-state index contributed by atoms with van der Waals surface area (Å²) in [7, 11) is 0. The van der Waals surface area contributed by atoms with Gasteiger partial charge in [-0.05, 0) is 64.9 Å². The topological polar surface area (TPSA) is 35.9 Å². The highest BCUT2D eigenvalue weighted by Gasteiger charge is 2.18. The van der Waals surface area contributed by atoms with Crippen LogP contribution in [0.25, 0.3) is 33.5 Å². The van der Waals surface area contributed by atoms with Gasteiger partial charge >= 0.3 is 0 Å². The molecule has 0 bridgehead atoms. The lowest BCUT2D eigenvalue weighted by atomic mass is 9.86. The van der Waals surface area contributed by atoms with Crippen molar-refractivity contribution in [1.82, 2.24) is 14.3 Å². The summed E-state index contributed by atoms with van der Waals surface area (Å²) in [5.74, 6) is 2.11. The number of aromatic nitrogens is 4. The van der Waals surface area contributed by atoms with E-state index >= 15 is 0 Å². The number of ether oxygens (including phenoxy) is 1. The third-order valence-electron chi connectivity index (χ3n) is 7.29. The van der Waals surface area contributed by atoms with Crippen LogP contribution < -0.4 is 33.3 Å². The fraction of sp³-hybridized carbons (Fsp3) is 0.200. The van der Waals surface area contributed by atoms with E-state index in [9.17, 15) is 0 Å². The minimum atomic E-state index is -2.29. The van der Waals surface area contributed by atoms with E-state index in [-0.39, 0.29) is 24.0 Å². The molecule has 6 heteroatoms. The van der Waals surface area contributed by atoms with E-state index in [1.807, 2.05) is 88.2 Å². The number of fused-ring (bicyclic) bond motifs is 1. The SMILES string of the molecule is [2H]C([2H])([2H])[n+]1cn(-c2cccc(Oc3cccc(-n4cc(-c5c(C(C)C)cccc5C(C)C)cn4)c3)c2)c2ccccc21.[I-]. The van der Waals surface area contributed by atoms with Gasteiger partial charge in [-0.2, -0.15) is 9.67 Å². The van der Waals surface area contributed by atoms with Gasteiger partial charge in [0.15, 0.2) is 11.0 Å². The monoisotopic (exact) mass is 657 g/mol. The van der Waals surface area contributed by atoms with Crippen LogP contribution in [-0.4, -0.2) is 14.3 Å². The highest BCUT2D eigenvalue weighted by Crippen LogP contribution is 2.36. The first-order valence-electron chi connectivity index (χ1n) is 15.2. The molecule has 0 aliphatic carbocycles. The van der Waals surface area contributed by atoms with Crippen LogP contribution >= 0.6 is 0 Å². The van der Waals surface area contributed by atoms with E-state index in [0.29, 0.717) is 28.9 Å². The highest BCUT2D eigenvalue weighted by atomic mass is 127. The first-order valence-corrected chi connectivity index (χ1v) is 13.7. The van der Waals surface area contributed by atoms with Gasteiger partial charge in [0.05, 0.1) is 23.0 Å². The van der Waals surface area contributed by atoms with Crippen molar-refractivity contribution in [3.8, 4) is 34.0 Å². The lowest BCUT2D eigenvalue weighted by Crippen LogP contribution is -3.00. The van der Waals surface area contributed by atoms with Gasteiger partial charge in [-0.1, -0.05) is 70.2 Å². The third kappa shape index (κ3) is 5.66. The van der Waals surface area contributed by atoms with Crippen molar-refractivity contribution in [3.63, 3.8) is 0 Å². The highest BCUT2D eigenvalue weighted by molar-refractivity contribution is 5.74. The van der Waals surface area contributed by atoms with E-state index in [1.165, 1.54) is 21.3 Å². The van der Waals surface area contributed by atoms with E-state index in [1.54, 1.807) is 6.33 Å². The van der Waals surface area contributed by atoms with Gasteiger partial charge in [0.25, 0.3) is 0 Å². The maximum atomic E-state index is 7.97. The smallest absolute Gasteiger partial charge is 0.249 e. The number of imidazole rings is 1. The number of hydrogen-bond donors (Lipinski definition) is 0. The van der Waals surface area contributed by atoms with Crippen LogP contribution in [0.2, 0.25) is 0 Å². The number of nitrogens with zero attached hydrogens (tertiary/aromatic N) is 4. The molecule has 0 unspecified atom stereocenters. The molecule has 208 valence electrons. The van der Waals surface area contributed by atoms with Crippen LogP contribution in [0.15, 0.2) is 110 Å². The Morgan fingerprint density at radius 2 is 1.41 bits per heavy atom. The zero-order chi connectivity index (χ0) is 30.3. The van der Waals surface area contributed by atoms with Gasteiger partial charge < -0.3 is 28.7 Å². The van der Waals surface area contributed by atoms with Gasteiger partial charge in [0.1, 0.15) is 17.2 Å². The van der Waals surface area contributed by atoms with Crippen molar-refractivity contribution in [2.45, 2.75) is 39.5 Å². The summed E-state index contributed by atoms with van der Waals surface area (Å²) in [5.41, 5.74) is 8.13. The summed E-state index contributed by atoms with van der Waals surface area (Å²) in [6.07, 6.45) is 5.65. The first-order chi connectivity index (χ1) is 20.6. The molecule has 0 aliphatic rings. The Balaban J connectivity index is 0.00000384. The molecule has 41 heavy (non-hydrogen) atoms. The molecule has 0 saturated carbocycles. The fourth-order valence-corrected chi connectivity index (χ4v) is 5.32. The number of halogens is 1. The Bertz CT molecular complexity index is 1900. The summed E-state index contributed by atoms with van der Waals surface area (Å²) < 4.78 is 35.3. The largest absolute Gasteiger partial charge is 1.00 e. The molecule has 0 aliphatic heterocycles. The average molecular weight is 658 g/mol. The van der Waals surface area contributed by atoms with Crippen LogP contribution in [0.3, 0.4) is 0 Å². The van der Waals surface area contributed by atoms with E-state index in [2.05, 4.69) is 52.1 Å². The number of aryl methyl sites for hydroxylation is 1. The van der Waals surface area contributed by atoms with Gasteiger partial charge in [0, 0.05) is 23.9 Å². The van der Waals surface area contributed by atoms with Crippen LogP contribution in [0.5, 0.6) is 11.5 Å². The average Bonchev–Trinajstić information content (AvgIpc) is 3.63. The molecule has 0 fully saturated rings. The minimum Gasteiger partial charge on any atom is -1.00 e. The van der Waals surface area contributed by atoms with Crippen LogP contribution in [0.1, 0.15) is 54.8 Å². The van der Waals surface area contributed by atoms with E-state index < -0.39 is 6.98 Å². The zero-order valence-electron chi connectivity index (χ0n) is 26.6. The third-order valence-corrected chi connectivity index (χ3v) is 7.29. The van der Waals surface area contributed by atoms with E-state index in [0.717, 1.165) is 22.5 Å². The normalized spacial score (nSPS) is 12.7. The predicted molar refractivity (Wildman–Crippen MR) is 162 cm³/mol. The van der Waals surface area contributed by atoms with Crippen molar-refractivity contribution < 1.29 is 37.4 Å².